The molecule has 0 radical (unpaired) electrons. The third kappa shape index (κ3) is 3.31. The van der Waals surface area contributed by atoms with Crippen LogP contribution in [0.4, 0.5) is 5.69 Å². The van der Waals surface area contributed by atoms with E-state index < -0.39 is 10.0 Å². The fourth-order valence-corrected chi connectivity index (χ4v) is 2.53. The Morgan fingerprint density at radius 3 is 2.37 bits per heavy atom. The van der Waals surface area contributed by atoms with Crippen LogP contribution in [0, 0.1) is 13.8 Å². The zero-order valence-corrected chi connectivity index (χ0v) is 12.3. The van der Waals surface area contributed by atoms with E-state index in [-0.39, 0.29) is 17.3 Å². The molecule has 1 aromatic rings. The Kier molecular flexibility index (Phi) is 4.67. The molecule has 1 aromatic carbocycles. The molecule has 0 bridgehead atoms. The first kappa shape index (κ1) is 15.6. The number of anilines is 1. The Morgan fingerprint density at radius 2 is 1.89 bits per heavy atom. The zero-order valence-electron chi connectivity index (χ0n) is 11.5. The molecule has 0 atom stereocenters. The number of hydrogen-bond acceptors (Lipinski definition) is 4. The lowest BCUT2D eigenvalue weighted by Crippen LogP contribution is -2.24. The number of nitrogens with one attached hydrogen (secondary N) is 1. The molecule has 0 unspecified atom stereocenters. The highest BCUT2D eigenvalue weighted by atomic mass is 32.2. The van der Waals surface area contributed by atoms with Gasteiger partial charge in [-0.3, -0.25) is 4.79 Å². The van der Waals surface area contributed by atoms with E-state index in [1.54, 1.807) is 13.0 Å². The summed E-state index contributed by atoms with van der Waals surface area (Å²) < 4.78 is 25.3. The molecule has 19 heavy (non-hydrogen) atoms. The van der Waals surface area contributed by atoms with Gasteiger partial charge in [0.1, 0.15) is 0 Å². The highest BCUT2D eigenvalue weighted by Crippen LogP contribution is 2.25. The predicted molar refractivity (Wildman–Crippen MR) is 74.5 cm³/mol. The van der Waals surface area contributed by atoms with Gasteiger partial charge in [-0.05, 0) is 37.1 Å². The van der Waals surface area contributed by atoms with Crippen LogP contribution in [0.2, 0.25) is 0 Å². The number of sulfonamides is 1. The first-order chi connectivity index (χ1) is 8.70. The minimum Gasteiger partial charge on any atom is -0.325 e. The maximum Gasteiger partial charge on any atom is 0.242 e. The lowest BCUT2D eigenvalue weighted by Gasteiger charge is -2.16. The van der Waals surface area contributed by atoms with Crippen molar-refractivity contribution in [2.24, 2.45) is 5.73 Å². The van der Waals surface area contributed by atoms with Crippen LogP contribution in [0.5, 0.6) is 0 Å². The molecular formula is C12H19N3O3S. The molecule has 106 valence electrons. The van der Waals surface area contributed by atoms with Gasteiger partial charge in [-0.25, -0.2) is 12.7 Å². The summed E-state index contributed by atoms with van der Waals surface area (Å²) in [6, 6.07) is 3.04. The van der Waals surface area contributed by atoms with Crippen molar-refractivity contribution in [3.8, 4) is 0 Å². The molecule has 0 aliphatic carbocycles. The Balaban J connectivity index is 3.36. The summed E-state index contributed by atoms with van der Waals surface area (Å²) >= 11 is 0. The number of carbonyl (C=O) groups excluding carboxylic acids is 1. The molecule has 1 amide bonds. The van der Waals surface area contributed by atoms with Gasteiger partial charge < -0.3 is 11.1 Å². The van der Waals surface area contributed by atoms with Crippen molar-refractivity contribution in [1.29, 1.82) is 0 Å². The first-order valence-electron chi connectivity index (χ1n) is 5.74. The van der Waals surface area contributed by atoms with Gasteiger partial charge in [0.05, 0.1) is 11.4 Å². The Bertz CT molecular complexity index is 594. The monoisotopic (exact) mass is 285 g/mol. The Morgan fingerprint density at radius 1 is 1.32 bits per heavy atom. The van der Waals surface area contributed by atoms with E-state index in [1.165, 1.54) is 20.2 Å². The van der Waals surface area contributed by atoms with E-state index in [2.05, 4.69) is 5.32 Å². The molecule has 0 fully saturated rings. The first-order valence-corrected chi connectivity index (χ1v) is 7.18. The van der Waals surface area contributed by atoms with Gasteiger partial charge in [-0.2, -0.15) is 0 Å². The van der Waals surface area contributed by atoms with Crippen LogP contribution in [0.1, 0.15) is 11.1 Å². The lowest BCUT2D eigenvalue weighted by molar-refractivity contribution is -0.114. The molecular weight excluding hydrogens is 266 g/mol. The normalized spacial score (nSPS) is 11.7. The summed E-state index contributed by atoms with van der Waals surface area (Å²) in [6.07, 6.45) is 0. The number of rotatable bonds is 4. The van der Waals surface area contributed by atoms with E-state index in [0.717, 1.165) is 15.4 Å². The van der Waals surface area contributed by atoms with E-state index in [4.69, 9.17) is 5.73 Å². The van der Waals surface area contributed by atoms with Crippen LogP contribution in [0.3, 0.4) is 0 Å². The Hall–Kier alpha value is -1.44. The van der Waals surface area contributed by atoms with Crippen molar-refractivity contribution >= 4 is 21.6 Å². The molecule has 3 N–H and O–H groups in total. The van der Waals surface area contributed by atoms with Gasteiger partial charge in [0, 0.05) is 19.8 Å². The van der Waals surface area contributed by atoms with Gasteiger partial charge in [0.15, 0.2) is 0 Å². The van der Waals surface area contributed by atoms with Crippen LogP contribution in [0.15, 0.2) is 17.0 Å². The molecule has 0 aliphatic heterocycles. The van der Waals surface area contributed by atoms with Gasteiger partial charge in [0.2, 0.25) is 15.9 Å². The van der Waals surface area contributed by atoms with Crippen LogP contribution in [0.25, 0.3) is 0 Å². The molecule has 0 saturated heterocycles. The van der Waals surface area contributed by atoms with Crippen molar-refractivity contribution in [3.63, 3.8) is 0 Å². The summed E-state index contributed by atoms with van der Waals surface area (Å²) in [7, 11) is -0.608. The fraction of sp³-hybridized carbons (Fsp3) is 0.417. The topological polar surface area (TPSA) is 92.5 Å². The third-order valence-corrected chi connectivity index (χ3v) is 4.67. The maximum atomic E-state index is 12.1. The second-order valence-corrected chi connectivity index (χ2v) is 6.60. The van der Waals surface area contributed by atoms with Gasteiger partial charge in [-0.1, -0.05) is 0 Å². The summed E-state index contributed by atoms with van der Waals surface area (Å²) in [5.41, 5.74) is 7.32. The van der Waals surface area contributed by atoms with Gasteiger partial charge in [0.25, 0.3) is 0 Å². The number of aryl methyl sites for hydroxylation is 1. The minimum atomic E-state index is -3.53. The predicted octanol–water partition coefficient (Wildman–Crippen LogP) is 0.451. The molecule has 0 aromatic heterocycles. The molecule has 0 saturated carbocycles. The molecule has 0 spiro atoms. The second kappa shape index (κ2) is 5.68. The van der Waals surface area contributed by atoms with E-state index >= 15 is 0 Å². The lowest BCUT2D eigenvalue weighted by atomic mass is 10.1. The van der Waals surface area contributed by atoms with Crippen LogP contribution in [-0.4, -0.2) is 39.3 Å². The molecule has 6 nitrogen and oxygen atoms in total. The molecule has 0 aliphatic rings. The summed E-state index contributed by atoms with van der Waals surface area (Å²) in [4.78, 5) is 11.5. The average molecular weight is 285 g/mol. The summed E-state index contributed by atoms with van der Waals surface area (Å²) in [5, 5.41) is 2.61. The Labute approximate surface area is 113 Å². The van der Waals surface area contributed by atoms with E-state index in [0.29, 0.717) is 5.69 Å². The standard InChI is InChI=1S/C12H19N3O3S/c1-8-5-10(19(17,18)15(3)4)6-11(9(8)2)14-12(16)7-13/h5-6H,7,13H2,1-4H3,(H,14,16). The quantitative estimate of drug-likeness (QED) is 0.840. The number of amides is 1. The van der Waals surface area contributed by atoms with Crippen molar-refractivity contribution in [3.05, 3.63) is 23.3 Å². The number of carbonyl (C=O) groups is 1. The average Bonchev–Trinajstić information content (AvgIpc) is 2.33. The van der Waals surface area contributed by atoms with Crippen molar-refractivity contribution < 1.29 is 13.2 Å². The molecule has 0 heterocycles. The number of benzene rings is 1. The van der Waals surface area contributed by atoms with Crippen molar-refractivity contribution in [1.82, 2.24) is 4.31 Å². The highest BCUT2D eigenvalue weighted by Gasteiger charge is 2.19. The maximum absolute atomic E-state index is 12.1. The number of nitrogens with two attached hydrogens (primary N) is 1. The van der Waals surface area contributed by atoms with Crippen molar-refractivity contribution in [2.75, 3.05) is 26.0 Å². The van der Waals surface area contributed by atoms with E-state index in [9.17, 15) is 13.2 Å². The van der Waals surface area contributed by atoms with Gasteiger partial charge in [-0.15, -0.1) is 0 Å². The van der Waals surface area contributed by atoms with Crippen LogP contribution < -0.4 is 11.1 Å². The zero-order chi connectivity index (χ0) is 14.8. The van der Waals surface area contributed by atoms with Crippen LogP contribution in [-0.2, 0) is 14.8 Å². The van der Waals surface area contributed by atoms with E-state index in [1.807, 2.05) is 6.92 Å². The van der Waals surface area contributed by atoms with Crippen LogP contribution >= 0.6 is 0 Å². The number of hydrogen-bond donors (Lipinski definition) is 2. The largest absolute Gasteiger partial charge is 0.325 e. The molecule has 7 heteroatoms. The number of nitrogens with zero attached hydrogens (tertiary/aromatic N) is 1. The van der Waals surface area contributed by atoms with Gasteiger partial charge >= 0.3 is 0 Å². The minimum absolute atomic E-state index is 0.146. The molecule has 1 rings (SSSR count). The van der Waals surface area contributed by atoms with Crippen molar-refractivity contribution in [2.45, 2.75) is 18.7 Å². The third-order valence-electron chi connectivity index (χ3n) is 2.88. The summed E-state index contributed by atoms with van der Waals surface area (Å²) in [6.45, 7) is 3.46. The summed E-state index contributed by atoms with van der Waals surface area (Å²) in [5.74, 6) is -0.359. The second-order valence-electron chi connectivity index (χ2n) is 4.45. The SMILES string of the molecule is Cc1cc(S(=O)(=O)N(C)C)cc(NC(=O)CN)c1C. The highest BCUT2D eigenvalue weighted by molar-refractivity contribution is 7.89. The fourth-order valence-electron chi connectivity index (χ4n) is 1.52. The smallest absolute Gasteiger partial charge is 0.242 e.